The van der Waals surface area contributed by atoms with Gasteiger partial charge in [-0.05, 0) is 75.7 Å². The predicted octanol–water partition coefficient (Wildman–Crippen LogP) is 3.19. The third-order valence-electron chi connectivity index (χ3n) is 7.33. The predicted molar refractivity (Wildman–Crippen MR) is 127 cm³/mol. The van der Waals surface area contributed by atoms with Crippen LogP contribution in [-0.2, 0) is 4.74 Å². The molecule has 188 valence electrons. The van der Waals surface area contributed by atoms with E-state index in [0.29, 0.717) is 35.8 Å². The molecule has 0 saturated heterocycles. The van der Waals surface area contributed by atoms with Crippen molar-refractivity contribution in [1.82, 2.24) is 20.4 Å². The number of amides is 2. The number of ether oxygens (including phenoxy) is 2. The van der Waals surface area contributed by atoms with Crippen molar-refractivity contribution in [3.8, 4) is 5.88 Å². The van der Waals surface area contributed by atoms with Crippen LogP contribution < -0.4 is 15.4 Å². The summed E-state index contributed by atoms with van der Waals surface area (Å²) in [4.78, 5) is 25.0. The highest BCUT2D eigenvalue weighted by atomic mass is 16.5. The Hall–Kier alpha value is -2.55. The maximum Gasteiger partial charge on any atom is 0.407 e. The summed E-state index contributed by atoms with van der Waals surface area (Å²) in [5.74, 6) is 1.66. The summed E-state index contributed by atoms with van der Waals surface area (Å²) in [6.07, 6.45) is 9.04. The van der Waals surface area contributed by atoms with E-state index in [1.165, 1.54) is 18.0 Å². The van der Waals surface area contributed by atoms with E-state index >= 15 is 0 Å². The van der Waals surface area contributed by atoms with Crippen molar-refractivity contribution in [2.75, 3.05) is 13.7 Å². The molecule has 4 fully saturated rings. The van der Waals surface area contributed by atoms with E-state index in [1.54, 1.807) is 12.3 Å². The number of rotatable bonds is 8. The Labute approximate surface area is 201 Å². The standard InChI is InChI=1S/C25H38N4O5/c1-15(2)14-34-22-19(13-26-29(22)7-6-24(3,4)28-23(31)33-5)21(30)27-20-17-8-16-9-18(20)12-25(32,10-16)11-17/h6-7,13,15-18,20,32H,8-12,14H2,1-5H3,(H,27,30)(H,28,31). The van der Waals surface area contributed by atoms with Crippen LogP contribution in [0.25, 0.3) is 6.20 Å². The summed E-state index contributed by atoms with van der Waals surface area (Å²) >= 11 is 0. The number of alkyl carbamates (subject to hydrolysis) is 1. The highest BCUT2D eigenvalue weighted by Gasteiger charge is 2.55. The second kappa shape index (κ2) is 9.24. The minimum absolute atomic E-state index is 0.0735. The van der Waals surface area contributed by atoms with E-state index in [9.17, 15) is 14.7 Å². The Morgan fingerprint density at radius 3 is 2.56 bits per heavy atom. The summed E-state index contributed by atoms with van der Waals surface area (Å²) in [5, 5.41) is 21.2. The van der Waals surface area contributed by atoms with Gasteiger partial charge in [-0.1, -0.05) is 13.8 Å². The fourth-order valence-corrected chi connectivity index (χ4v) is 6.06. The molecule has 0 radical (unpaired) electrons. The van der Waals surface area contributed by atoms with Crippen LogP contribution in [0, 0.1) is 23.7 Å². The third kappa shape index (κ3) is 5.24. The van der Waals surface area contributed by atoms with Crippen molar-refractivity contribution in [3.05, 3.63) is 17.8 Å². The fourth-order valence-electron chi connectivity index (χ4n) is 6.06. The van der Waals surface area contributed by atoms with Crippen molar-refractivity contribution < 1.29 is 24.2 Å². The summed E-state index contributed by atoms with van der Waals surface area (Å²) in [6.45, 7) is 8.17. The Balaban J connectivity index is 1.52. The van der Waals surface area contributed by atoms with Gasteiger partial charge in [0.2, 0.25) is 5.88 Å². The molecule has 0 aliphatic heterocycles. The van der Waals surface area contributed by atoms with Crippen LogP contribution in [0.3, 0.4) is 0 Å². The molecule has 1 aromatic rings. The zero-order chi connectivity index (χ0) is 24.7. The number of carbonyl (C=O) groups excluding carboxylic acids is 2. The number of carbonyl (C=O) groups is 2. The van der Waals surface area contributed by atoms with Crippen molar-refractivity contribution in [2.45, 2.75) is 77.0 Å². The molecule has 4 aliphatic carbocycles. The second-order valence-electron chi connectivity index (χ2n) is 11.4. The molecule has 2 unspecified atom stereocenters. The number of aliphatic hydroxyl groups is 1. The Morgan fingerprint density at radius 1 is 1.29 bits per heavy atom. The topological polar surface area (TPSA) is 115 Å². The second-order valence-corrected chi connectivity index (χ2v) is 11.4. The van der Waals surface area contributed by atoms with Crippen molar-refractivity contribution in [2.24, 2.45) is 23.7 Å². The molecular weight excluding hydrogens is 436 g/mol. The van der Waals surface area contributed by atoms with Gasteiger partial charge in [0.15, 0.2) is 0 Å². The largest absolute Gasteiger partial charge is 0.477 e. The number of nitrogens with one attached hydrogen (secondary N) is 2. The van der Waals surface area contributed by atoms with Gasteiger partial charge in [-0.2, -0.15) is 5.10 Å². The normalized spacial score (nSPS) is 30.1. The van der Waals surface area contributed by atoms with E-state index in [-0.39, 0.29) is 17.9 Å². The molecule has 4 saturated carbocycles. The molecule has 9 nitrogen and oxygen atoms in total. The van der Waals surface area contributed by atoms with E-state index < -0.39 is 17.2 Å². The van der Waals surface area contributed by atoms with Crippen molar-refractivity contribution in [3.63, 3.8) is 0 Å². The third-order valence-corrected chi connectivity index (χ3v) is 7.33. The van der Waals surface area contributed by atoms with Gasteiger partial charge in [-0.25, -0.2) is 9.48 Å². The van der Waals surface area contributed by atoms with Crippen LogP contribution in [0.1, 0.15) is 70.2 Å². The Morgan fingerprint density at radius 2 is 1.97 bits per heavy atom. The van der Waals surface area contributed by atoms with Crippen molar-refractivity contribution in [1.29, 1.82) is 0 Å². The van der Waals surface area contributed by atoms with Crippen LogP contribution >= 0.6 is 0 Å². The maximum absolute atomic E-state index is 13.4. The first-order valence-corrected chi connectivity index (χ1v) is 12.3. The van der Waals surface area contributed by atoms with Gasteiger partial charge in [0.25, 0.3) is 5.91 Å². The lowest BCUT2D eigenvalue weighted by molar-refractivity contribution is -0.136. The van der Waals surface area contributed by atoms with Gasteiger partial charge in [0.1, 0.15) is 5.56 Å². The van der Waals surface area contributed by atoms with Gasteiger partial charge in [0.05, 0.1) is 31.1 Å². The summed E-state index contributed by atoms with van der Waals surface area (Å²) in [5.41, 5.74) is -0.849. The van der Waals surface area contributed by atoms with Crippen LogP contribution in [-0.4, -0.2) is 57.8 Å². The molecular formula is C25H38N4O5. The lowest BCUT2D eigenvalue weighted by atomic mass is 9.52. The van der Waals surface area contributed by atoms with Crippen LogP contribution in [0.2, 0.25) is 0 Å². The molecule has 34 heavy (non-hydrogen) atoms. The molecule has 0 spiro atoms. The Bertz CT molecular complexity index is 937. The average Bonchev–Trinajstić information content (AvgIpc) is 3.14. The SMILES string of the molecule is COC(=O)NC(C)(C)C=Cn1ncc(C(=O)NC2C3CC4CC2CC(O)(C4)C3)c1OCC(C)C. The zero-order valence-electron chi connectivity index (χ0n) is 20.8. The van der Waals surface area contributed by atoms with Gasteiger partial charge in [-0.15, -0.1) is 0 Å². The minimum Gasteiger partial charge on any atom is -0.477 e. The number of hydrogen-bond acceptors (Lipinski definition) is 6. The molecule has 4 aliphatic rings. The molecule has 3 N–H and O–H groups in total. The van der Waals surface area contributed by atoms with E-state index in [0.717, 1.165) is 32.1 Å². The van der Waals surface area contributed by atoms with Gasteiger partial charge in [-0.3, -0.25) is 4.79 Å². The quantitative estimate of drug-likeness (QED) is 0.533. The highest BCUT2D eigenvalue weighted by Crippen LogP contribution is 2.55. The first kappa shape index (κ1) is 24.6. The molecule has 1 aromatic heterocycles. The lowest BCUT2D eigenvalue weighted by Gasteiger charge is -2.58. The molecule has 1 heterocycles. The number of methoxy groups -OCH3 is 1. The summed E-state index contributed by atoms with van der Waals surface area (Å²) < 4.78 is 12.2. The zero-order valence-corrected chi connectivity index (χ0v) is 20.8. The first-order valence-electron chi connectivity index (χ1n) is 12.3. The van der Waals surface area contributed by atoms with E-state index in [2.05, 4.69) is 20.5 Å². The fraction of sp³-hybridized carbons (Fsp3) is 0.720. The van der Waals surface area contributed by atoms with Gasteiger partial charge >= 0.3 is 6.09 Å². The van der Waals surface area contributed by atoms with Crippen molar-refractivity contribution >= 4 is 18.2 Å². The number of hydrogen-bond donors (Lipinski definition) is 3. The van der Waals surface area contributed by atoms with Gasteiger partial charge < -0.3 is 25.2 Å². The smallest absolute Gasteiger partial charge is 0.407 e. The van der Waals surface area contributed by atoms with Crippen LogP contribution in [0.5, 0.6) is 5.88 Å². The van der Waals surface area contributed by atoms with Crippen LogP contribution in [0.4, 0.5) is 4.79 Å². The molecule has 0 aromatic carbocycles. The molecule has 2 amide bonds. The van der Waals surface area contributed by atoms with Gasteiger partial charge in [0, 0.05) is 12.2 Å². The minimum atomic E-state index is -0.697. The van der Waals surface area contributed by atoms with Crippen LogP contribution in [0.15, 0.2) is 12.3 Å². The maximum atomic E-state index is 13.4. The highest BCUT2D eigenvalue weighted by molar-refractivity contribution is 5.96. The number of nitrogens with zero attached hydrogens (tertiary/aromatic N) is 2. The average molecular weight is 475 g/mol. The van der Waals surface area contributed by atoms with E-state index in [4.69, 9.17) is 4.74 Å². The molecule has 4 bridgehead atoms. The number of aromatic nitrogens is 2. The summed E-state index contributed by atoms with van der Waals surface area (Å²) in [6, 6.07) is 0.0735. The first-order chi connectivity index (χ1) is 16.0. The monoisotopic (exact) mass is 474 g/mol. The summed E-state index contributed by atoms with van der Waals surface area (Å²) in [7, 11) is 1.31. The molecule has 2 atom stereocenters. The Kier molecular flexibility index (Phi) is 6.68. The van der Waals surface area contributed by atoms with E-state index in [1.807, 2.05) is 27.7 Å². The molecule has 9 heteroatoms. The lowest BCUT2D eigenvalue weighted by Crippen LogP contribution is -2.61. The molecule has 5 rings (SSSR count).